The van der Waals surface area contributed by atoms with Crippen LogP contribution >= 0.6 is 0 Å². The van der Waals surface area contributed by atoms with E-state index in [0.29, 0.717) is 17.7 Å². The van der Waals surface area contributed by atoms with Crippen LogP contribution in [0.4, 0.5) is 11.4 Å². The van der Waals surface area contributed by atoms with Crippen molar-refractivity contribution in [2.24, 2.45) is 0 Å². The van der Waals surface area contributed by atoms with Gasteiger partial charge in [-0.05, 0) is 49.9 Å². The highest BCUT2D eigenvalue weighted by atomic mass is 16.5. The molecule has 4 rings (SSSR count). The highest BCUT2D eigenvalue weighted by Crippen LogP contribution is 2.40. The summed E-state index contributed by atoms with van der Waals surface area (Å²) in [6.07, 6.45) is 4.71. The number of benzene rings is 1. The van der Waals surface area contributed by atoms with Gasteiger partial charge in [-0.1, -0.05) is 5.16 Å². The second-order valence-electron chi connectivity index (χ2n) is 6.81. The minimum atomic E-state index is -0.232. The maximum absolute atomic E-state index is 12.3. The molecule has 6 heteroatoms. The SMILES string of the molecule is COC1CCN(c2ccc(NC(=O)c3cc(C4CC4)on3)cc2)CC1. The van der Waals surface area contributed by atoms with E-state index in [9.17, 15) is 4.79 Å². The summed E-state index contributed by atoms with van der Waals surface area (Å²) in [7, 11) is 1.78. The monoisotopic (exact) mass is 341 g/mol. The van der Waals surface area contributed by atoms with Gasteiger partial charge in [0, 0.05) is 43.6 Å². The van der Waals surface area contributed by atoms with Gasteiger partial charge < -0.3 is 19.5 Å². The number of carbonyl (C=O) groups excluding carboxylic acids is 1. The number of piperidine rings is 1. The molecule has 2 heterocycles. The molecule has 2 aromatic rings. The number of ether oxygens (including phenoxy) is 1. The zero-order valence-electron chi connectivity index (χ0n) is 14.4. The third-order valence-electron chi connectivity index (χ3n) is 5.01. The van der Waals surface area contributed by atoms with Crippen LogP contribution in [0.25, 0.3) is 0 Å². The van der Waals surface area contributed by atoms with Gasteiger partial charge in [-0.3, -0.25) is 4.79 Å². The van der Waals surface area contributed by atoms with E-state index in [2.05, 4.69) is 15.4 Å². The molecule has 2 aliphatic rings. The minimum absolute atomic E-state index is 0.232. The first kappa shape index (κ1) is 16.1. The third kappa shape index (κ3) is 3.69. The van der Waals surface area contributed by atoms with Gasteiger partial charge in [0.15, 0.2) is 5.69 Å². The number of anilines is 2. The molecule has 2 fully saturated rings. The van der Waals surface area contributed by atoms with Crippen molar-refractivity contribution in [3.05, 3.63) is 41.8 Å². The van der Waals surface area contributed by atoms with Crippen LogP contribution in [0.1, 0.15) is 47.8 Å². The van der Waals surface area contributed by atoms with Crippen LogP contribution in [0.15, 0.2) is 34.9 Å². The molecule has 0 radical (unpaired) electrons. The van der Waals surface area contributed by atoms with Gasteiger partial charge in [0.1, 0.15) is 5.76 Å². The summed E-state index contributed by atoms with van der Waals surface area (Å²) in [5, 5.41) is 6.75. The zero-order chi connectivity index (χ0) is 17.2. The van der Waals surface area contributed by atoms with Crippen molar-refractivity contribution in [3.8, 4) is 0 Å². The number of hydrogen-bond donors (Lipinski definition) is 1. The molecule has 0 unspecified atom stereocenters. The van der Waals surface area contributed by atoms with Crippen LogP contribution in [-0.4, -0.2) is 37.4 Å². The van der Waals surface area contributed by atoms with Gasteiger partial charge >= 0.3 is 0 Å². The molecule has 132 valence electrons. The van der Waals surface area contributed by atoms with Crippen LogP contribution in [-0.2, 0) is 4.74 Å². The Kier molecular flexibility index (Phi) is 4.44. The summed E-state index contributed by atoms with van der Waals surface area (Å²) in [6.45, 7) is 1.99. The first-order chi connectivity index (χ1) is 12.2. The van der Waals surface area contributed by atoms with E-state index in [-0.39, 0.29) is 5.91 Å². The van der Waals surface area contributed by atoms with E-state index in [1.54, 1.807) is 13.2 Å². The summed E-state index contributed by atoms with van der Waals surface area (Å²) in [5.41, 5.74) is 2.27. The minimum Gasteiger partial charge on any atom is -0.381 e. The standard InChI is InChI=1S/C19H23N3O3/c1-24-16-8-10-22(11-9-16)15-6-4-14(5-7-15)20-19(23)17-12-18(25-21-17)13-2-3-13/h4-7,12-13,16H,2-3,8-11H2,1H3,(H,20,23). The summed E-state index contributed by atoms with van der Waals surface area (Å²) in [4.78, 5) is 14.6. The molecular weight excluding hydrogens is 318 g/mol. The van der Waals surface area contributed by atoms with Crippen LogP contribution in [0, 0.1) is 0 Å². The Morgan fingerprint density at radius 1 is 1.20 bits per heavy atom. The summed E-state index contributed by atoms with van der Waals surface area (Å²) in [6, 6.07) is 9.69. The lowest BCUT2D eigenvalue weighted by Crippen LogP contribution is -2.36. The van der Waals surface area contributed by atoms with Gasteiger partial charge in [0.25, 0.3) is 5.91 Å². The van der Waals surface area contributed by atoms with Crippen molar-refractivity contribution in [3.63, 3.8) is 0 Å². The van der Waals surface area contributed by atoms with Crippen molar-refractivity contribution in [1.82, 2.24) is 5.16 Å². The van der Waals surface area contributed by atoms with Crippen molar-refractivity contribution in [2.75, 3.05) is 30.4 Å². The molecule has 0 atom stereocenters. The van der Waals surface area contributed by atoms with Crippen molar-refractivity contribution in [1.29, 1.82) is 0 Å². The number of methoxy groups -OCH3 is 1. The highest BCUT2D eigenvalue weighted by Gasteiger charge is 2.29. The number of amides is 1. The molecule has 1 aromatic carbocycles. The van der Waals surface area contributed by atoms with Crippen LogP contribution < -0.4 is 10.2 Å². The Balaban J connectivity index is 1.36. The molecule has 6 nitrogen and oxygen atoms in total. The maximum Gasteiger partial charge on any atom is 0.277 e. The molecule has 1 saturated heterocycles. The summed E-state index contributed by atoms with van der Waals surface area (Å²) < 4.78 is 10.6. The van der Waals surface area contributed by atoms with Crippen molar-refractivity contribution >= 4 is 17.3 Å². The average Bonchev–Trinajstić information content (AvgIpc) is 3.39. The molecular formula is C19H23N3O3. The Bertz CT molecular complexity index is 729. The van der Waals surface area contributed by atoms with Gasteiger partial charge in [-0.15, -0.1) is 0 Å². The Hall–Kier alpha value is -2.34. The van der Waals surface area contributed by atoms with Crippen molar-refractivity contribution < 1.29 is 14.1 Å². The first-order valence-electron chi connectivity index (χ1n) is 8.88. The van der Waals surface area contributed by atoms with Crippen LogP contribution in [0.3, 0.4) is 0 Å². The predicted molar refractivity (Wildman–Crippen MR) is 95.1 cm³/mol. The molecule has 25 heavy (non-hydrogen) atoms. The van der Waals surface area contributed by atoms with Gasteiger partial charge in [-0.25, -0.2) is 0 Å². The largest absolute Gasteiger partial charge is 0.381 e. The number of carbonyl (C=O) groups is 1. The Labute approximate surface area is 147 Å². The van der Waals surface area contributed by atoms with E-state index in [4.69, 9.17) is 9.26 Å². The molecule has 1 aliphatic carbocycles. The molecule has 1 aromatic heterocycles. The van der Waals surface area contributed by atoms with E-state index in [1.807, 2.05) is 24.3 Å². The molecule has 1 aliphatic heterocycles. The van der Waals surface area contributed by atoms with Crippen LogP contribution in [0.2, 0.25) is 0 Å². The number of aromatic nitrogens is 1. The normalized spacial score (nSPS) is 18.4. The average molecular weight is 341 g/mol. The quantitative estimate of drug-likeness (QED) is 0.902. The van der Waals surface area contributed by atoms with Crippen LogP contribution in [0.5, 0.6) is 0 Å². The van der Waals surface area contributed by atoms with Crippen molar-refractivity contribution in [2.45, 2.75) is 37.7 Å². The van der Waals surface area contributed by atoms with Gasteiger partial charge in [0.05, 0.1) is 6.10 Å². The summed E-state index contributed by atoms with van der Waals surface area (Å²) in [5.74, 6) is 1.04. The lowest BCUT2D eigenvalue weighted by molar-refractivity contribution is 0.0819. The van der Waals surface area contributed by atoms with Gasteiger partial charge in [0.2, 0.25) is 0 Å². The lowest BCUT2D eigenvalue weighted by atomic mass is 10.1. The molecule has 0 spiro atoms. The van der Waals surface area contributed by atoms with Gasteiger partial charge in [-0.2, -0.15) is 0 Å². The Morgan fingerprint density at radius 3 is 2.56 bits per heavy atom. The number of nitrogens with one attached hydrogen (secondary N) is 1. The zero-order valence-corrected chi connectivity index (χ0v) is 14.4. The second kappa shape index (κ2) is 6.88. The fourth-order valence-electron chi connectivity index (χ4n) is 3.26. The van der Waals surface area contributed by atoms with E-state index >= 15 is 0 Å². The molecule has 0 bridgehead atoms. The summed E-state index contributed by atoms with van der Waals surface area (Å²) >= 11 is 0. The number of hydrogen-bond acceptors (Lipinski definition) is 5. The highest BCUT2D eigenvalue weighted by molar-refractivity contribution is 6.02. The third-order valence-corrected chi connectivity index (χ3v) is 5.01. The van der Waals surface area contributed by atoms with E-state index in [1.165, 1.54) is 5.69 Å². The number of rotatable bonds is 5. The smallest absolute Gasteiger partial charge is 0.277 e. The Morgan fingerprint density at radius 2 is 1.92 bits per heavy atom. The topological polar surface area (TPSA) is 67.6 Å². The molecule has 1 amide bonds. The molecule has 1 N–H and O–H groups in total. The fraction of sp³-hybridized carbons (Fsp3) is 0.474. The molecule has 1 saturated carbocycles. The maximum atomic E-state index is 12.3. The fourth-order valence-corrected chi connectivity index (χ4v) is 3.26. The van der Waals surface area contributed by atoms with E-state index < -0.39 is 0 Å². The number of nitrogens with zero attached hydrogens (tertiary/aromatic N) is 2. The van der Waals surface area contributed by atoms with E-state index in [0.717, 1.165) is 50.2 Å². The lowest BCUT2D eigenvalue weighted by Gasteiger charge is -2.33. The second-order valence-corrected chi connectivity index (χ2v) is 6.81. The first-order valence-corrected chi connectivity index (χ1v) is 8.88. The predicted octanol–water partition coefficient (Wildman–Crippen LogP) is 3.42.